The Labute approximate surface area is 116 Å². The van der Waals surface area contributed by atoms with Crippen molar-refractivity contribution in [1.29, 1.82) is 0 Å². The zero-order chi connectivity index (χ0) is 14.8. The molecule has 2 aromatic rings. The first kappa shape index (κ1) is 14.9. The molecule has 0 aliphatic heterocycles. The molecule has 1 atom stereocenters. The molecule has 0 saturated carbocycles. The number of halogens is 3. The quantitative estimate of drug-likeness (QED) is 0.855. The van der Waals surface area contributed by atoms with Crippen LogP contribution in [0.2, 0.25) is 0 Å². The van der Waals surface area contributed by atoms with Crippen molar-refractivity contribution >= 4 is 10.8 Å². The number of alkyl halides is 3. The molecule has 0 fully saturated rings. The molecule has 20 heavy (non-hydrogen) atoms. The molecule has 0 amide bonds. The van der Waals surface area contributed by atoms with E-state index in [4.69, 9.17) is 0 Å². The van der Waals surface area contributed by atoms with Gasteiger partial charge in [0.1, 0.15) is 0 Å². The highest BCUT2D eigenvalue weighted by Crippen LogP contribution is 2.37. The van der Waals surface area contributed by atoms with Crippen molar-refractivity contribution in [2.45, 2.75) is 38.5 Å². The Morgan fingerprint density at radius 1 is 1.05 bits per heavy atom. The van der Waals surface area contributed by atoms with Crippen LogP contribution in [0.1, 0.15) is 37.0 Å². The van der Waals surface area contributed by atoms with E-state index in [-0.39, 0.29) is 5.56 Å². The molecule has 0 saturated heterocycles. The number of benzene rings is 2. The van der Waals surface area contributed by atoms with Crippen molar-refractivity contribution in [3.8, 4) is 0 Å². The van der Waals surface area contributed by atoms with E-state index in [9.17, 15) is 18.3 Å². The highest BCUT2D eigenvalue weighted by Gasteiger charge is 2.40. The molecule has 0 aromatic heterocycles. The Morgan fingerprint density at radius 3 is 2.30 bits per heavy atom. The smallest absolute Gasteiger partial charge is 0.379 e. The summed E-state index contributed by atoms with van der Waals surface area (Å²) in [5, 5.41) is 10.8. The largest absolute Gasteiger partial charge is 0.418 e. The Kier molecular flexibility index (Phi) is 4.33. The van der Waals surface area contributed by atoms with Crippen LogP contribution in [-0.4, -0.2) is 11.3 Å². The molecular formula is C16H17F3O. The first-order chi connectivity index (χ1) is 9.45. The van der Waals surface area contributed by atoms with Gasteiger partial charge < -0.3 is 5.11 Å². The average molecular weight is 282 g/mol. The molecular weight excluding hydrogens is 265 g/mol. The Morgan fingerprint density at radius 2 is 1.70 bits per heavy atom. The van der Waals surface area contributed by atoms with Crippen LogP contribution < -0.4 is 0 Å². The number of aryl methyl sites for hydroxylation is 1. The van der Waals surface area contributed by atoms with Gasteiger partial charge in [0, 0.05) is 0 Å². The standard InChI is InChI=1S/C16H17F3O/c1-2-3-6-11-9-10-14(15(20)16(17,18)19)13-8-5-4-7-12(11)13/h4-5,7-10,15,20H,2-3,6H2,1H3. The lowest BCUT2D eigenvalue weighted by molar-refractivity contribution is -0.206. The number of rotatable bonds is 4. The zero-order valence-corrected chi connectivity index (χ0v) is 11.2. The van der Waals surface area contributed by atoms with Gasteiger partial charge in [-0.05, 0) is 34.7 Å². The molecule has 0 aliphatic rings. The minimum Gasteiger partial charge on any atom is -0.379 e. The van der Waals surface area contributed by atoms with Crippen LogP contribution in [0.5, 0.6) is 0 Å². The lowest BCUT2D eigenvalue weighted by Crippen LogP contribution is -2.20. The van der Waals surface area contributed by atoms with Crippen molar-refractivity contribution in [1.82, 2.24) is 0 Å². The third-order valence-electron chi connectivity index (χ3n) is 3.45. The summed E-state index contributed by atoms with van der Waals surface area (Å²) in [5.41, 5.74) is 0.953. The van der Waals surface area contributed by atoms with Crippen LogP contribution in [0.25, 0.3) is 10.8 Å². The van der Waals surface area contributed by atoms with Crippen LogP contribution >= 0.6 is 0 Å². The summed E-state index contributed by atoms with van der Waals surface area (Å²) in [6, 6.07) is 10.0. The van der Waals surface area contributed by atoms with E-state index >= 15 is 0 Å². The summed E-state index contributed by atoms with van der Waals surface area (Å²) in [4.78, 5) is 0. The second-order valence-corrected chi connectivity index (χ2v) is 4.91. The number of fused-ring (bicyclic) bond motifs is 1. The molecule has 1 unspecified atom stereocenters. The van der Waals surface area contributed by atoms with Gasteiger partial charge in [-0.2, -0.15) is 13.2 Å². The Balaban J connectivity index is 2.54. The Hall–Kier alpha value is -1.55. The zero-order valence-electron chi connectivity index (χ0n) is 11.2. The molecule has 1 nitrogen and oxygen atoms in total. The Bertz CT molecular complexity index is 590. The maximum absolute atomic E-state index is 12.7. The van der Waals surface area contributed by atoms with Crippen LogP contribution in [0.15, 0.2) is 36.4 Å². The third-order valence-corrected chi connectivity index (χ3v) is 3.45. The number of aliphatic hydroxyl groups is 1. The van der Waals surface area contributed by atoms with Gasteiger partial charge in [-0.25, -0.2) is 0 Å². The van der Waals surface area contributed by atoms with Crippen molar-refractivity contribution < 1.29 is 18.3 Å². The van der Waals surface area contributed by atoms with E-state index in [1.165, 1.54) is 6.07 Å². The maximum Gasteiger partial charge on any atom is 0.418 e. The van der Waals surface area contributed by atoms with Crippen LogP contribution in [0.4, 0.5) is 13.2 Å². The molecule has 0 spiro atoms. The average Bonchev–Trinajstić information content (AvgIpc) is 2.43. The SMILES string of the molecule is CCCCc1ccc(C(O)C(F)(F)F)c2ccccc12. The molecule has 0 bridgehead atoms. The fourth-order valence-electron chi connectivity index (χ4n) is 2.38. The van der Waals surface area contributed by atoms with Gasteiger partial charge in [0.05, 0.1) is 0 Å². The van der Waals surface area contributed by atoms with E-state index in [0.717, 1.165) is 30.2 Å². The molecule has 0 radical (unpaired) electrons. The summed E-state index contributed by atoms with van der Waals surface area (Å²) in [5.74, 6) is 0. The molecule has 0 aliphatic carbocycles. The first-order valence-electron chi connectivity index (χ1n) is 6.70. The third kappa shape index (κ3) is 2.96. The second kappa shape index (κ2) is 5.83. The summed E-state index contributed by atoms with van der Waals surface area (Å²) >= 11 is 0. The summed E-state index contributed by atoms with van der Waals surface area (Å²) in [6.45, 7) is 2.07. The topological polar surface area (TPSA) is 20.2 Å². The number of hydrogen-bond acceptors (Lipinski definition) is 1. The fourth-order valence-corrected chi connectivity index (χ4v) is 2.38. The molecule has 108 valence electrons. The fraction of sp³-hybridized carbons (Fsp3) is 0.375. The predicted octanol–water partition coefficient (Wildman–Crippen LogP) is 4.78. The van der Waals surface area contributed by atoms with E-state index < -0.39 is 12.3 Å². The van der Waals surface area contributed by atoms with Crippen molar-refractivity contribution in [2.75, 3.05) is 0 Å². The van der Waals surface area contributed by atoms with Gasteiger partial charge in [0.2, 0.25) is 0 Å². The summed E-state index contributed by atoms with van der Waals surface area (Å²) in [7, 11) is 0. The lowest BCUT2D eigenvalue weighted by atomic mass is 9.94. The van der Waals surface area contributed by atoms with E-state index in [0.29, 0.717) is 5.39 Å². The van der Waals surface area contributed by atoms with Gasteiger partial charge in [-0.15, -0.1) is 0 Å². The van der Waals surface area contributed by atoms with E-state index in [1.54, 1.807) is 18.2 Å². The van der Waals surface area contributed by atoms with Gasteiger partial charge in [-0.1, -0.05) is 49.7 Å². The highest BCUT2D eigenvalue weighted by molar-refractivity contribution is 5.89. The van der Waals surface area contributed by atoms with Gasteiger partial charge in [-0.3, -0.25) is 0 Å². The predicted molar refractivity (Wildman–Crippen MR) is 73.6 cm³/mol. The van der Waals surface area contributed by atoms with Crippen LogP contribution in [-0.2, 0) is 6.42 Å². The summed E-state index contributed by atoms with van der Waals surface area (Å²) in [6.07, 6.45) is -4.23. The summed E-state index contributed by atoms with van der Waals surface area (Å²) < 4.78 is 38.1. The van der Waals surface area contributed by atoms with Crippen LogP contribution in [0.3, 0.4) is 0 Å². The van der Waals surface area contributed by atoms with Gasteiger partial charge >= 0.3 is 6.18 Å². The minimum absolute atomic E-state index is 0.0756. The first-order valence-corrected chi connectivity index (χ1v) is 6.70. The van der Waals surface area contributed by atoms with Gasteiger partial charge in [0.25, 0.3) is 0 Å². The second-order valence-electron chi connectivity index (χ2n) is 4.91. The molecule has 1 N–H and O–H groups in total. The monoisotopic (exact) mass is 282 g/mol. The minimum atomic E-state index is -4.65. The van der Waals surface area contributed by atoms with Crippen molar-refractivity contribution in [3.05, 3.63) is 47.5 Å². The highest BCUT2D eigenvalue weighted by atomic mass is 19.4. The molecule has 0 heterocycles. The number of aliphatic hydroxyl groups excluding tert-OH is 1. The number of hydrogen-bond donors (Lipinski definition) is 1. The van der Waals surface area contributed by atoms with Crippen molar-refractivity contribution in [3.63, 3.8) is 0 Å². The molecule has 4 heteroatoms. The van der Waals surface area contributed by atoms with Crippen molar-refractivity contribution in [2.24, 2.45) is 0 Å². The number of unbranched alkanes of at least 4 members (excludes halogenated alkanes) is 1. The lowest BCUT2D eigenvalue weighted by Gasteiger charge is -2.18. The van der Waals surface area contributed by atoms with E-state index in [1.807, 2.05) is 12.1 Å². The molecule has 2 rings (SSSR count). The van der Waals surface area contributed by atoms with Crippen LogP contribution in [0, 0.1) is 0 Å². The van der Waals surface area contributed by atoms with Gasteiger partial charge in [0.15, 0.2) is 6.10 Å². The molecule has 2 aromatic carbocycles. The maximum atomic E-state index is 12.7. The normalized spacial score (nSPS) is 13.7. The van der Waals surface area contributed by atoms with E-state index in [2.05, 4.69) is 6.92 Å².